The topological polar surface area (TPSA) is 142 Å². The first-order valence-corrected chi connectivity index (χ1v) is 21.2. The number of esters is 4. The molecule has 6 rings (SSSR count). The maximum absolute atomic E-state index is 13.6. The predicted molar refractivity (Wildman–Crippen MR) is 223 cm³/mol. The quantitative estimate of drug-likeness (QED) is 0.0386. The normalized spacial score (nSPS) is 21.0. The van der Waals surface area contributed by atoms with Crippen molar-refractivity contribution in [3.63, 3.8) is 0 Å². The Labute approximate surface area is 344 Å². The number of nitrogens with one attached hydrogen (secondary N) is 1. The van der Waals surface area contributed by atoms with Crippen molar-refractivity contribution in [3.8, 4) is 11.5 Å². The summed E-state index contributed by atoms with van der Waals surface area (Å²) in [6.07, 6.45) is 18.2. The van der Waals surface area contributed by atoms with Gasteiger partial charge in [-0.1, -0.05) is 48.7 Å². The Balaban J connectivity index is 0.983. The van der Waals surface area contributed by atoms with Crippen LogP contribution in [0.2, 0.25) is 0 Å². The zero-order valence-corrected chi connectivity index (χ0v) is 33.9. The lowest BCUT2D eigenvalue weighted by molar-refractivity contribution is -0.148. The van der Waals surface area contributed by atoms with Crippen molar-refractivity contribution in [2.45, 2.75) is 102 Å². The number of benzene rings is 2. The zero-order valence-electron chi connectivity index (χ0n) is 33.1. The SMILES string of the molecule is C=CC(=O)OCCCCCCOC1=CC=C(OC(=O)C2CCC(C(=O)Oc3ccc(OC(C)=O)cc3CNN(C3=NC4C=CCCC4S3)c3ccccc3)CC2)CC1. The second kappa shape index (κ2) is 21.6. The summed E-state index contributed by atoms with van der Waals surface area (Å²) in [6, 6.07) is 15.0. The molecule has 0 bridgehead atoms. The minimum absolute atomic E-state index is 0.125. The Bertz CT molecular complexity index is 1900. The molecule has 58 heavy (non-hydrogen) atoms. The summed E-state index contributed by atoms with van der Waals surface area (Å²) < 4.78 is 28.1. The van der Waals surface area contributed by atoms with Crippen molar-refractivity contribution in [2.24, 2.45) is 16.8 Å². The number of thioether (sulfide) groups is 1. The van der Waals surface area contributed by atoms with Crippen molar-refractivity contribution < 1.29 is 42.9 Å². The third-order valence-corrected chi connectivity index (χ3v) is 11.7. The molecule has 4 aliphatic rings. The number of carbonyl (C=O) groups is 4. The Morgan fingerprint density at radius 1 is 0.862 bits per heavy atom. The van der Waals surface area contributed by atoms with Crippen LogP contribution in [0.1, 0.15) is 89.5 Å². The standard InChI is InChI=1S/C45H53N3O9S/c1-3-42(50)54-28-12-5-4-11-27-53-36-21-23-37(24-22-36)56-43(51)32-17-19-33(20-18-32)44(52)57-40-26-25-38(55-31(2)49)29-34(40)30-46-48(35-13-7-6-8-14-35)45-47-39-15-9-10-16-41(39)58-45/h3,6-9,13-15,21,23,25-26,29,32-33,39,41,46H,1,4-5,10-12,16-20,22,24,27-28,30H2,2H3. The van der Waals surface area contributed by atoms with Gasteiger partial charge in [0, 0.05) is 43.2 Å². The van der Waals surface area contributed by atoms with Crippen LogP contribution in [0.4, 0.5) is 5.69 Å². The van der Waals surface area contributed by atoms with Crippen LogP contribution in [0.5, 0.6) is 11.5 Å². The number of fused-ring (bicyclic) bond motifs is 1. The zero-order chi connectivity index (χ0) is 40.7. The number of ether oxygens (including phenoxy) is 5. The second-order valence-corrected chi connectivity index (χ2v) is 15.9. The molecule has 0 radical (unpaired) electrons. The van der Waals surface area contributed by atoms with E-state index in [9.17, 15) is 19.2 Å². The van der Waals surface area contributed by atoms with Gasteiger partial charge in [0.1, 0.15) is 17.3 Å². The lowest BCUT2D eigenvalue weighted by Crippen LogP contribution is -2.41. The monoisotopic (exact) mass is 811 g/mol. The van der Waals surface area contributed by atoms with Crippen LogP contribution in [0.25, 0.3) is 0 Å². The number of para-hydroxylation sites is 1. The Morgan fingerprint density at radius 3 is 2.26 bits per heavy atom. The lowest BCUT2D eigenvalue weighted by atomic mass is 9.82. The molecule has 3 aliphatic carbocycles. The smallest absolute Gasteiger partial charge is 0.330 e. The van der Waals surface area contributed by atoms with Crippen molar-refractivity contribution in [1.82, 2.24) is 5.43 Å². The van der Waals surface area contributed by atoms with Gasteiger partial charge in [0.15, 0.2) is 5.17 Å². The first-order chi connectivity index (χ1) is 28.2. The number of carbonyl (C=O) groups excluding carboxylic acids is 4. The highest BCUT2D eigenvalue weighted by Crippen LogP contribution is 2.37. The molecular formula is C45H53N3O9S. The van der Waals surface area contributed by atoms with E-state index in [1.165, 1.54) is 13.0 Å². The van der Waals surface area contributed by atoms with Gasteiger partial charge in [0.25, 0.3) is 0 Å². The molecule has 1 fully saturated rings. The molecule has 1 heterocycles. The van der Waals surface area contributed by atoms with Crippen molar-refractivity contribution in [3.05, 3.63) is 103 Å². The summed E-state index contributed by atoms with van der Waals surface area (Å²) in [6.45, 7) is 5.99. The van der Waals surface area contributed by atoms with Gasteiger partial charge in [-0.25, -0.2) is 10.2 Å². The molecule has 2 aromatic carbocycles. The number of hydrogen-bond donors (Lipinski definition) is 1. The molecule has 0 aromatic heterocycles. The summed E-state index contributed by atoms with van der Waals surface area (Å²) in [5.41, 5.74) is 5.05. The van der Waals surface area contributed by atoms with Crippen LogP contribution in [-0.4, -0.2) is 53.6 Å². The summed E-state index contributed by atoms with van der Waals surface area (Å²) in [4.78, 5) is 54.6. The van der Waals surface area contributed by atoms with Gasteiger partial charge in [-0.15, -0.1) is 0 Å². The number of allylic oxidation sites excluding steroid dienone is 5. The lowest BCUT2D eigenvalue weighted by Gasteiger charge is -2.27. The molecule has 2 unspecified atom stereocenters. The molecule has 12 nitrogen and oxygen atoms in total. The van der Waals surface area contributed by atoms with Gasteiger partial charge >= 0.3 is 23.9 Å². The molecule has 1 aliphatic heterocycles. The average Bonchev–Trinajstić information content (AvgIpc) is 3.67. The molecule has 0 saturated heterocycles. The number of unbranched alkanes of at least 4 members (excludes halogenated alkanes) is 3. The highest BCUT2D eigenvalue weighted by Gasteiger charge is 2.34. The Morgan fingerprint density at radius 2 is 1.57 bits per heavy atom. The number of amidine groups is 1. The number of anilines is 1. The van der Waals surface area contributed by atoms with Crippen molar-refractivity contribution in [2.75, 3.05) is 18.2 Å². The van der Waals surface area contributed by atoms with Crippen molar-refractivity contribution >= 4 is 46.5 Å². The Kier molecular flexibility index (Phi) is 15.8. The Hall–Kier alpha value is -5.14. The number of nitrogens with zero attached hydrogens (tertiary/aromatic N) is 2. The highest BCUT2D eigenvalue weighted by molar-refractivity contribution is 8.15. The highest BCUT2D eigenvalue weighted by atomic mass is 32.2. The van der Waals surface area contributed by atoms with Crippen LogP contribution in [0.3, 0.4) is 0 Å². The fourth-order valence-corrected chi connectivity index (χ4v) is 8.52. The van der Waals surface area contributed by atoms with E-state index in [0.29, 0.717) is 79.8 Å². The summed E-state index contributed by atoms with van der Waals surface area (Å²) in [7, 11) is 0. The van der Waals surface area contributed by atoms with Gasteiger partial charge in [-0.2, -0.15) is 0 Å². The average molecular weight is 812 g/mol. The van der Waals surface area contributed by atoms with E-state index >= 15 is 0 Å². The van der Waals surface area contributed by atoms with E-state index < -0.39 is 11.9 Å². The van der Waals surface area contributed by atoms with Crippen LogP contribution in [0, 0.1) is 11.8 Å². The minimum atomic E-state index is -0.450. The molecule has 0 amide bonds. The van der Waals surface area contributed by atoms with Crippen LogP contribution < -0.4 is 19.9 Å². The summed E-state index contributed by atoms with van der Waals surface area (Å²) in [5, 5.41) is 3.20. The molecule has 13 heteroatoms. The molecular weight excluding hydrogens is 759 g/mol. The van der Waals surface area contributed by atoms with E-state index in [4.69, 9.17) is 28.7 Å². The second-order valence-electron chi connectivity index (χ2n) is 14.7. The van der Waals surface area contributed by atoms with E-state index in [1.807, 2.05) is 41.4 Å². The van der Waals surface area contributed by atoms with Crippen LogP contribution in [-0.2, 0) is 39.9 Å². The van der Waals surface area contributed by atoms with Gasteiger partial charge in [0.05, 0.1) is 42.5 Å². The van der Waals surface area contributed by atoms with Crippen LogP contribution >= 0.6 is 11.8 Å². The molecule has 0 spiro atoms. The predicted octanol–water partition coefficient (Wildman–Crippen LogP) is 8.44. The fraction of sp³-hybridized carbons (Fsp3) is 0.444. The van der Waals surface area contributed by atoms with Gasteiger partial charge in [-0.05, 0) is 107 Å². The minimum Gasteiger partial charge on any atom is -0.498 e. The number of hydrogen-bond acceptors (Lipinski definition) is 13. The number of hydrazine groups is 1. The van der Waals surface area contributed by atoms with Gasteiger partial charge in [-0.3, -0.25) is 24.4 Å². The van der Waals surface area contributed by atoms with E-state index in [0.717, 1.165) is 55.1 Å². The first kappa shape index (κ1) is 42.5. The number of aliphatic imine (C=N–C) groups is 1. The molecule has 308 valence electrons. The summed E-state index contributed by atoms with van der Waals surface area (Å²) in [5.74, 6) is 0.0526. The van der Waals surface area contributed by atoms with Crippen LogP contribution in [0.15, 0.2) is 102 Å². The van der Waals surface area contributed by atoms with E-state index in [1.54, 1.807) is 36.0 Å². The third-order valence-electron chi connectivity index (χ3n) is 10.4. The van der Waals surface area contributed by atoms with E-state index in [-0.39, 0.29) is 36.4 Å². The fourth-order valence-electron chi connectivity index (χ4n) is 7.25. The summed E-state index contributed by atoms with van der Waals surface area (Å²) >= 11 is 1.75. The molecule has 1 N–H and O–H groups in total. The first-order valence-electron chi connectivity index (χ1n) is 20.3. The van der Waals surface area contributed by atoms with Crippen molar-refractivity contribution in [1.29, 1.82) is 0 Å². The molecule has 2 atom stereocenters. The maximum atomic E-state index is 13.6. The molecule has 2 aromatic rings. The van der Waals surface area contributed by atoms with Gasteiger partial charge in [0.2, 0.25) is 0 Å². The number of rotatable bonds is 18. The maximum Gasteiger partial charge on any atom is 0.330 e. The largest absolute Gasteiger partial charge is 0.498 e. The third kappa shape index (κ3) is 12.4. The molecule has 1 saturated carbocycles. The van der Waals surface area contributed by atoms with Gasteiger partial charge < -0.3 is 23.7 Å². The van der Waals surface area contributed by atoms with E-state index in [2.05, 4.69) is 24.2 Å².